The molecule has 0 aromatic heterocycles. The molecule has 1 rings (SSSR count). The van der Waals surface area contributed by atoms with E-state index in [1.54, 1.807) is 13.0 Å². The predicted octanol–water partition coefficient (Wildman–Crippen LogP) is 4.11. The van der Waals surface area contributed by atoms with Crippen LogP contribution in [0.15, 0.2) is 18.2 Å². The molecule has 1 aromatic carbocycles. The number of nitriles is 1. The molecule has 0 aliphatic rings. The van der Waals surface area contributed by atoms with Crippen molar-refractivity contribution in [2.75, 3.05) is 6.54 Å². The van der Waals surface area contributed by atoms with E-state index in [1.807, 2.05) is 19.1 Å². The summed E-state index contributed by atoms with van der Waals surface area (Å²) < 4.78 is 13.5. The van der Waals surface area contributed by atoms with E-state index < -0.39 is 0 Å². The maximum Gasteiger partial charge on any atom is 0.126 e. The summed E-state index contributed by atoms with van der Waals surface area (Å²) in [6.45, 7) is 8.89. The molecule has 0 saturated carbocycles. The van der Waals surface area contributed by atoms with Crippen LogP contribution in [0.2, 0.25) is 0 Å². The van der Waals surface area contributed by atoms with Gasteiger partial charge < -0.3 is 5.32 Å². The molecule has 3 heteroatoms. The van der Waals surface area contributed by atoms with Gasteiger partial charge in [0.1, 0.15) is 5.82 Å². The third-order valence-corrected chi connectivity index (χ3v) is 3.50. The number of hydrogen-bond acceptors (Lipinski definition) is 2. The maximum absolute atomic E-state index is 13.5. The lowest BCUT2D eigenvalue weighted by Crippen LogP contribution is -2.31. The zero-order valence-corrected chi connectivity index (χ0v) is 12.3. The van der Waals surface area contributed by atoms with Gasteiger partial charge >= 0.3 is 0 Å². The normalized spacial score (nSPS) is 13.1. The molecule has 0 amide bonds. The molecule has 2 nitrogen and oxygen atoms in total. The minimum absolute atomic E-state index is 0.0766. The zero-order valence-electron chi connectivity index (χ0n) is 12.3. The summed E-state index contributed by atoms with van der Waals surface area (Å²) in [5.74, 6) is -0.158. The van der Waals surface area contributed by atoms with Crippen LogP contribution in [-0.2, 0) is 0 Å². The number of nitrogens with zero attached hydrogens (tertiary/aromatic N) is 1. The highest BCUT2D eigenvalue weighted by molar-refractivity contribution is 5.25. The van der Waals surface area contributed by atoms with E-state index in [9.17, 15) is 4.39 Å². The van der Waals surface area contributed by atoms with E-state index in [0.29, 0.717) is 12.0 Å². The minimum atomic E-state index is -0.158. The topological polar surface area (TPSA) is 35.8 Å². The van der Waals surface area contributed by atoms with Gasteiger partial charge in [-0.3, -0.25) is 0 Å². The van der Waals surface area contributed by atoms with E-state index in [2.05, 4.69) is 25.2 Å². The quantitative estimate of drug-likeness (QED) is 0.837. The first-order valence-corrected chi connectivity index (χ1v) is 6.72. The number of aryl methyl sites for hydroxylation is 1. The first kappa shape index (κ1) is 15.7. The van der Waals surface area contributed by atoms with Crippen molar-refractivity contribution < 1.29 is 4.39 Å². The van der Waals surface area contributed by atoms with E-state index in [0.717, 1.165) is 18.5 Å². The predicted molar refractivity (Wildman–Crippen MR) is 76.2 cm³/mol. The van der Waals surface area contributed by atoms with Crippen LogP contribution in [0.25, 0.3) is 0 Å². The highest BCUT2D eigenvalue weighted by Gasteiger charge is 2.18. The van der Waals surface area contributed by atoms with Crippen molar-refractivity contribution in [3.05, 3.63) is 35.1 Å². The summed E-state index contributed by atoms with van der Waals surface area (Å²) in [5.41, 5.74) is 1.71. The number of rotatable bonds is 6. The van der Waals surface area contributed by atoms with Crippen LogP contribution >= 0.6 is 0 Å². The maximum atomic E-state index is 13.5. The lowest BCUT2D eigenvalue weighted by atomic mass is 9.87. The zero-order chi connectivity index (χ0) is 14.5. The van der Waals surface area contributed by atoms with Gasteiger partial charge in [0.05, 0.1) is 6.07 Å². The molecule has 1 atom stereocenters. The number of hydrogen-bond donors (Lipinski definition) is 1. The SMILES string of the molecule is Cc1ccc(C(C)NCC(C)(C)CCC#N)cc1F. The first-order chi connectivity index (χ1) is 8.85. The van der Waals surface area contributed by atoms with Crippen LogP contribution in [0.1, 0.15) is 50.8 Å². The Morgan fingerprint density at radius 3 is 2.68 bits per heavy atom. The molecule has 0 spiro atoms. The molecule has 0 aliphatic carbocycles. The molecule has 0 aliphatic heterocycles. The van der Waals surface area contributed by atoms with Gasteiger partial charge in [-0.2, -0.15) is 5.26 Å². The molecule has 0 radical (unpaired) electrons. The van der Waals surface area contributed by atoms with Crippen molar-refractivity contribution >= 4 is 0 Å². The van der Waals surface area contributed by atoms with Crippen molar-refractivity contribution in [3.63, 3.8) is 0 Å². The van der Waals surface area contributed by atoms with Crippen LogP contribution in [0.4, 0.5) is 4.39 Å². The highest BCUT2D eigenvalue weighted by Crippen LogP contribution is 2.23. The van der Waals surface area contributed by atoms with E-state index in [4.69, 9.17) is 5.26 Å². The van der Waals surface area contributed by atoms with Crippen LogP contribution in [0, 0.1) is 29.5 Å². The molecule has 1 N–H and O–H groups in total. The van der Waals surface area contributed by atoms with Gasteiger partial charge in [0, 0.05) is 19.0 Å². The fraction of sp³-hybridized carbons (Fsp3) is 0.562. The molecule has 0 fully saturated rings. The summed E-state index contributed by atoms with van der Waals surface area (Å²) in [4.78, 5) is 0. The lowest BCUT2D eigenvalue weighted by Gasteiger charge is -2.26. The minimum Gasteiger partial charge on any atom is -0.310 e. The average molecular weight is 262 g/mol. The third-order valence-electron chi connectivity index (χ3n) is 3.50. The Morgan fingerprint density at radius 2 is 2.11 bits per heavy atom. The van der Waals surface area contributed by atoms with Crippen LogP contribution in [0.5, 0.6) is 0 Å². The van der Waals surface area contributed by atoms with Gasteiger partial charge in [-0.25, -0.2) is 4.39 Å². The fourth-order valence-corrected chi connectivity index (χ4v) is 1.91. The van der Waals surface area contributed by atoms with Crippen molar-refractivity contribution in [1.82, 2.24) is 5.32 Å². The van der Waals surface area contributed by atoms with Gasteiger partial charge in [0.25, 0.3) is 0 Å². The molecule has 0 bridgehead atoms. The third kappa shape index (κ3) is 5.00. The van der Waals surface area contributed by atoms with Gasteiger partial charge in [0.15, 0.2) is 0 Å². The fourth-order valence-electron chi connectivity index (χ4n) is 1.91. The van der Waals surface area contributed by atoms with Crippen molar-refractivity contribution in [1.29, 1.82) is 5.26 Å². The van der Waals surface area contributed by atoms with Crippen LogP contribution < -0.4 is 5.32 Å². The van der Waals surface area contributed by atoms with Gasteiger partial charge in [-0.1, -0.05) is 26.0 Å². The van der Waals surface area contributed by atoms with E-state index in [-0.39, 0.29) is 17.3 Å². The Hall–Kier alpha value is -1.40. The largest absolute Gasteiger partial charge is 0.310 e. The average Bonchev–Trinajstić information content (AvgIpc) is 2.37. The summed E-state index contributed by atoms with van der Waals surface area (Å²) in [5, 5.41) is 12.0. The monoisotopic (exact) mass is 262 g/mol. The number of halogens is 1. The molecule has 0 saturated heterocycles. The molecule has 19 heavy (non-hydrogen) atoms. The van der Waals surface area contributed by atoms with Crippen LogP contribution in [0.3, 0.4) is 0 Å². The summed E-state index contributed by atoms with van der Waals surface area (Å²) in [7, 11) is 0. The highest BCUT2D eigenvalue weighted by atomic mass is 19.1. The van der Waals surface area contributed by atoms with Crippen molar-refractivity contribution in [2.45, 2.75) is 46.6 Å². The molecule has 1 unspecified atom stereocenters. The molecular formula is C16H23FN2. The second-order valence-corrected chi connectivity index (χ2v) is 5.93. The van der Waals surface area contributed by atoms with E-state index >= 15 is 0 Å². The molecule has 104 valence electrons. The Labute approximate surface area is 115 Å². The van der Waals surface area contributed by atoms with Crippen LogP contribution in [-0.4, -0.2) is 6.54 Å². The number of benzene rings is 1. The van der Waals surface area contributed by atoms with Gasteiger partial charge in [-0.15, -0.1) is 0 Å². The first-order valence-electron chi connectivity index (χ1n) is 6.72. The second-order valence-electron chi connectivity index (χ2n) is 5.93. The Bertz CT molecular complexity index is 460. The summed E-state index contributed by atoms with van der Waals surface area (Å²) >= 11 is 0. The van der Waals surface area contributed by atoms with Crippen molar-refractivity contribution in [3.8, 4) is 6.07 Å². The molecular weight excluding hydrogens is 239 g/mol. The number of nitrogens with one attached hydrogen (secondary N) is 1. The van der Waals surface area contributed by atoms with E-state index in [1.165, 1.54) is 0 Å². The Kier molecular flexibility index (Phi) is 5.50. The van der Waals surface area contributed by atoms with Gasteiger partial charge in [-0.05, 0) is 42.9 Å². The molecule has 1 aromatic rings. The second kappa shape index (κ2) is 6.68. The molecule has 0 heterocycles. The van der Waals surface area contributed by atoms with Gasteiger partial charge in [0.2, 0.25) is 0 Å². The Balaban J connectivity index is 2.57. The standard InChI is InChI=1S/C16H23FN2/c1-12-6-7-14(10-15(12)17)13(2)19-11-16(3,4)8-5-9-18/h6-7,10,13,19H,5,8,11H2,1-4H3. The summed E-state index contributed by atoms with van der Waals surface area (Å²) in [6, 6.07) is 7.65. The van der Waals surface area contributed by atoms with Crippen molar-refractivity contribution in [2.24, 2.45) is 5.41 Å². The lowest BCUT2D eigenvalue weighted by molar-refractivity contribution is 0.304. The summed E-state index contributed by atoms with van der Waals surface area (Å²) in [6.07, 6.45) is 1.44. The smallest absolute Gasteiger partial charge is 0.126 e. The Morgan fingerprint density at radius 1 is 1.42 bits per heavy atom.